The first-order valence-corrected chi connectivity index (χ1v) is 8.45. The number of carboxylic acids is 2. The van der Waals surface area contributed by atoms with Crippen molar-refractivity contribution in [1.29, 1.82) is 0 Å². The molecule has 0 spiro atoms. The summed E-state index contributed by atoms with van der Waals surface area (Å²) in [7, 11) is 0. The molecule has 2 heterocycles. The van der Waals surface area contributed by atoms with Gasteiger partial charge >= 0.3 is 11.9 Å². The fourth-order valence-corrected chi connectivity index (χ4v) is 3.62. The second-order valence-corrected chi connectivity index (χ2v) is 7.02. The van der Waals surface area contributed by atoms with E-state index in [9.17, 15) is 24.6 Å². The molecular formula is C17H11NO6S2. The first kappa shape index (κ1) is 17.9. The van der Waals surface area contributed by atoms with Crippen LogP contribution in [-0.4, -0.2) is 32.4 Å². The van der Waals surface area contributed by atoms with Crippen LogP contribution in [0.3, 0.4) is 0 Å². The number of hydrogen-bond donors (Lipinski definition) is 2. The highest BCUT2D eigenvalue weighted by atomic mass is 32.2. The summed E-state index contributed by atoms with van der Waals surface area (Å²) in [5.74, 6) is -1.92. The SMILES string of the molecule is Cc1ccc(/C=C2/SC(=S)N(c3cc(C(=O)O)cc(C(=O)O)c3)C2=O)o1. The second-order valence-electron chi connectivity index (χ2n) is 5.34. The van der Waals surface area contributed by atoms with Crippen LogP contribution in [0.5, 0.6) is 0 Å². The third-order valence-corrected chi connectivity index (χ3v) is 4.80. The van der Waals surface area contributed by atoms with E-state index in [0.29, 0.717) is 16.4 Å². The zero-order chi connectivity index (χ0) is 19.0. The van der Waals surface area contributed by atoms with E-state index in [1.54, 1.807) is 19.1 Å². The number of amides is 1. The van der Waals surface area contributed by atoms with Gasteiger partial charge in [-0.05, 0) is 37.3 Å². The van der Waals surface area contributed by atoms with Crippen molar-refractivity contribution in [3.63, 3.8) is 0 Å². The van der Waals surface area contributed by atoms with Crippen molar-refractivity contribution >= 4 is 57.9 Å². The average molecular weight is 389 g/mol. The molecule has 7 nitrogen and oxygen atoms in total. The summed E-state index contributed by atoms with van der Waals surface area (Å²) in [5.41, 5.74) is -0.414. The number of aryl methyl sites for hydroxylation is 1. The minimum absolute atomic E-state index is 0.0869. The monoisotopic (exact) mass is 389 g/mol. The molecule has 132 valence electrons. The third kappa shape index (κ3) is 3.39. The van der Waals surface area contributed by atoms with E-state index in [2.05, 4.69) is 0 Å². The molecule has 0 bridgehead atoms. The van der Waals surface area contributed by atoms with Gasteiger partial charge in [0, 0.05) is 6.08 Å². The van der Waals surface area contributed by atoms with E-state index in [0.717, 1.165) is 22.7 Å². The molecule has 2 N–H and O–H groups in total. The van der Waals surface area contributed by atoms with Crippen LogP contribution in [0, 0.1) is 6.92 Å². The lowest BCUT2D eigenvalue weighted by molar-refractivity contribution is -0.113. The molecule has 1 amide bonds. The maximum atomic E-state index is 12.7. The smallest absolute Gasteiger partial charge is 0.335 e. The molecule has 0 saturated carbocycles. The van der Waals surface area contributed by atoms with Gasteiger partial charge in [-0.1, -0.05) is 24.0 Å². The number of hydrogen-bond acceptors (Lipinski definition) is 6. The highest BCUT2D eigenvalue weighted by Crippen LogP contribution is 2.37. The molecule has 1 aromatic carbocycles. The normalized spacial score (nSPS) is 15.7. The average Bonchev–Trinajstić information content (AvgIpc) is 3.10. The van der Waals surface area contributed by atoms with E-state index in [4.69, 9.17) is 16.6 Å². The lowest BCUT2D eigenvalue weighted by atomic mass is 10.1. The number of nitrogens with zero attached hydrogens (tertiary/aromatic N) is 1. The maximum absolute atomic E-state index is 12.7. The van der Waals surface area contributed by atoms with Crippen molar-refractivity contribution in [2.45, 2.75) is 6.92 Å². The Labute approximate surface area is 156 Å². The number of thioether (sulfide) groups is 1. The molecule has 26 heavy (non-hydrogen) atoms. The van der Waals surface area contributed by atoms with E-state index in [1.807, 2.05) is 0 Å². The predicted octanol–water partition coefficient (Wildman–Crippen LogP) is 3.39. The molecule has 0 unspecified atom stereocenters. The Balaban J connectivity index is 2.03. The van der Waals surface area contributed by atoms with Crippen LogP contribution < -0.4 is 4.90 Å². The predicted molar refractivity (Wildman–Crippen MR) is 99.5 cm³/mol. The number of carbonyl (C=O) groups is 3. The fraction of sp³-hybridized carbons (Fsp3) is 0.0588. The van der Waals surface area contributed by atoms with E-state index in [-0.39, 0.29) is 21.1 Å². The number of aromatic carboxylic acids is 2. The molecule has 1 aromatic heterocycles. The fourth-order valence-electron chi connectivity index (χ4n) is 2.34. The van der Waals surface area contributed by atoms with Crippen molar-refractivity contribution in [2.24, 2.45) is 0 Å². The molecular weight excluding hydrogens is 378 g/mol. The minimum Gasteiger partial charge on any atom is -0.478 e. The number of carbonyl (C=O) groups excluding carboxylic acids is 1. The van der Waals surface area contributed by atoms with Crippen LogP contribution >= 0.6 is 24.0 Å². The maximum Gasteiger partial charge on any atom is 0.335 e. The van der Waals surface area contributed by atoms with Gasteiger partial charge in [-0.15, -0.1) is 0 Å². The summed E-state index contributed by atoms with van der Waals surface area (Å²) in [6.45, 7) is 1.77. The van der Waals surface area contributed by atoms with Crippen molar-refractivity contribution in [1.82, 2.24) is 0 Å². The Kier molecular flexibility index (Phi) is 4.66. The molecule has 0 radical (unpaired) electrons. The molecule has 1 saturated heterocycles. The summed E-state index contributed by atoms with van der Waals surface area (Å²) in [6.07, 6.45) is 1.53. The van der Waals surface area contributed by atoms with Gasteiger partial charge in [-0.2, -0.15) is 0 Å². The molecule has 9 heteroatoms. The van der Waals surface area contributed by atoms with Crippen molar-refractivity contribution in [3.8, 4) is 0 Å². The first-order valence-electron chi connectivity index (χ1n) is 7.22. The van der Waals surface area contributed by atoms with E-state index >= 15 is 0 Å². The van der Waals surface area contributed by atoms with Crippen LogP contribution in [0.25, 0.3) is 6.08 Å². The number of benzene rings is 1. The third-order valence-electron chi connectivity index (χ3n) is 3.50. The number of carboxylic acid groups (broad SMARTS) is 2. The highest BCUT2D eigenvalue weighted by molar-refractivity contribution is 8.27. The van der Waals surface area contributed by atoms with Gasteiger partial charge in [0.15, 0.2) is 4.32 Å². The Morgan fingerprint density at radius 2 is 1.77 bits per heavy atom. The Bertz CT molecular complexity index is 959. The zero-order valence-electron chi connectivity index (χ0n) is 13.3. The van der Waals surface area contributed by atoms with Crippen molar-refractivity contribution in [2.75, 3.05) is 4.90 Å². The topological polar surface area (TPSA) is 108 Å². The second kappa shape index (κ2) is 6.77. The van der Waals surface area contributed by atoms with Gasteiger partial charge in [0.05, 0.1) is 21.7 Å². The number of rotatable bonds is 4. The van der Waals surface area contributed by atoms with Crippen LogP contribution in [0.1, 0.15) is 32.2 Å². The van der Waals surface area contributed by atoms with E-state index in [1.165, 1.54) is 18.2 Å². The standard InChI is InChI=1S/C17H11NO6S2/c1-8-2-3-12(24-8)7-13-14(19)18(17(25)26-13)11-5-9(15(20)21)4-10(6-11)16(22)23/h2-7H,1H3,(H,20,21)(H,22,23)/b13-7+. The highest BCUT2D eigenvalue weighted by Gasteiger charge is 2.34. The summed E-state index contributed by atoms with van der Waals surface area (Å²) < 4.78 is 5.58. The van der Waals surface area contributed by atoms with E-state index < -0.39 is 17.8 Å². The van der Waals surface area contributed by atoms with Crippen LogP contribution in [0.4, 0.5) is 5.69 Å². The number of thiocarbonyl (C=S) groups is 1. The van der Waals surface area contributed by atoms with Gasteiger partial charge in [-0.25, -0.2) is 9.59 Å². The molecule has 0 aliphatic carbocycles. The zero-order valence-corrected chi connectivity index (χ0v) is 14.9. The van der Waals surface area contributed by atoms with Gasteiger partial charge < -0.3 is 14.6 Å². The molecule has 1 aliphatic rings. The number of furan rings is 1. The van der Waals surface area contributed by atoms with Gasteiger partial charge in [0.2, 0.25) is 0 Å². The molecule has 1 fully saturated rings. The van der Waals surface area contributed by atoms with Crippen LogP contribution in [-0.2, 0) is 4.79 Å². The summed E-state index contributed by atoms with van der Waals surface area (Å²) in [6, 6.07) is 6.89. The molecule has 3 rings (SSSR count). The first-order chi connectivity index (χ1) is 12.3. The van der Waals surface area contributed by atoms with Gasteiger partial charge in [-0.3, -0.25) is 9.69 Å². The van der Waals surface area contributed by atoms with Gasteiger partial charge in [0.25, 0.3) is 5.91 Å². The Morgan fingerprint density at radius 3 is 2.27 bits per heavy atom. The summed E-state index contributed by atoms with van der Waals surface area (Å²) >= 11 is 6.24. The lowest BCUT2D eigenvalue weighted by Gasteiger charge is -2.16. The van der Waals surface area contributed by atoms with Crippen LogP contribution in [0.15, 0.2) is 39.7 Å². The van der Waals surface area contributed by atoms with Crippen molar-refractivity contribution in [3.05, 3.63) is 57.9 Å². The Morgan fingerprint density at radius 1 is 1.15 bits per heavy atom. The lowest BCUT2D eigenvalue weighted by Crippen LogP contribution is -2.28. The largest absolute Gasteiger partial charge is 0.478 e. The minimum atomic E-state index is -1.30. The van der Waals surface area contributed by atoms with Crippen LogP contribution in [0.2, 0.25) is 0 Å². The summed E-state index contributed by atoms with van der Waals surface area (Å²) in [4.78, 5) is 36.6. The quantitative estimate of drug-likeness (QED) is 0.605. The number of anilines is 1. The molecule has 0 atom stereocenters. The summed E-state index contributed by atoms with van der Waals surface area (Å²) in [5, 5.41) is 18.4. The molecule has 1 aliphatic heterocycles. The van der Waals surface area contributed by atoms with Crippen molar-refractivity contribution < 1.29 is 29.0 Å². The van der Waals surface area contributed by atoms with Gasteiger partial charge in [0.1, 0.15) is 11.5 Å². The Hall–Kier alpha value is -2.91. The molecule has 2 aromatic rings.